The van der Waals surface area contributed by atoms with Gasteiger partial charge in [-0.1, -0.05) is 36.8 Å². The number of carbonyl (C=O) groups is 1. The van der Waals surface area contributed by atoms with Gasteiger partial charge in [0.05, 0.1) is 0 Å². The summed E-state index contributed by atoms with van der Waals surface area (Å²) in [6.45, 7) is 1.14. The number of esters is 1. The van der Waals surface area contributed by atoms with Gasteiger partial charge in [-0.05, 0) is 18.4 Å². The van der Waals surface area contributed by atoms with Crippen LogP contribution in [0.4, 0.5) is 0 Å². The Kier molecular flexibility index (Phi) is 7.07. The topological polar surface area (TPSA) is 35.5 Å². The largest absolute Gasteiger partial charge is 0.461 e. The molecule has 0 heterocycles. The molecule has 3 nitrogen and oxygen atoms in total. The molecular weight excluding hydrogens is 216 g/mol. The third-order valence-electron chi connectivity index (χ3n) is 2.47. The zero-order chi connectivity index (χ0) is 12.3. The van der Waals surface area contributed by atoms with Crippen LogP contribution in [0.5, 0.6) is 0 Å². The van der Waals surface area contributed by atoms with E-state index in [1.807, 2.05) is 30.3 Å². The maximum atomic E-state index is 11.4. The van der Waals surface area contributed by atoms with Crippen LogP contribution < -0.4 is 0 Å². The summed E-state index contributed by atoms with van der Waals surface area (Å²) in [6.07, 6.45) is 3.38. The summed E-state index contributed by atoms with van der Waals surface area (Å²) in [5, 5.41) is 0. The van der Waals surface area contributed by atoms with Crippen molar-refractivity contribution in [3.63, 3.8) is 0 Å². The Hall–Kier alpha value is -1.35. The molecule has 3 heteroatoms. The smallest absolute Gasteiger partial charge is 0.306 e. The predicted octanol–water partition coefficient (Wildman–Crippen LogP) is 2.94. The number of rotatable bonds is 8. The Bertz CT molecular complexity index is 309. The molecule has 1 aromatic rings. The van der Waals surface area contributed by atoms with Crippen molar-refractivity contribution in [1.29, 1.82) is 0 Å². The Morgan fingerprint density at radius 1 is 1.12 bits per heavy atom. The molecule has 0 aliphatic rings. The highest BCUT2D eigenvalue weighted by molar-refractivity contribution is 5.69. The fourth-order valence-corrected chi connectivity index (χ4v) is 1.50. The number of carbonyl (C=O) groups excluding carboxylic acids is 1. The van der Waals surface area contributed by atoms with E-state index in [1.165, 1.54) is 0 Å². The van der Waals surface area contributed by atoms with E-state index in [0.717, 1.165) is 31.4 Å². The number of ether oxygens (including phenoxy) is 2. The summed E-state index contributed by atoms with van der Waals surface area (Å²) in [6, 6.07) is 9.72. The second kappa shape index (κ2) is 8.76. The minimum absolute atomic E-state index is 0.119. The molecule has 0 amide bonds. The Labute approximate surface area is 103 Å². The molecule has 0 spiro atoms. The molecule has 17 heavy (non-hydrogen) atoms. The van der Waals surface area contributed by atoms with Gasteiger partial charge in [-0.15, -0.1) is 0 Å². The second-order valence-electron chi connectivity index (χ2n) is 3.95. The van der Waals surface area contributed by atoms with Crippen LogP contribution in [0, 0.1) is 0 Å². The first-order valence-electron chi connectivity index (χ1n) is 6.01. The maximum absolute atomic E-state index is 11.4. The van der Waals surface area contributed by atoms with Crippen molar-refractivity contribution >= 4 is 5.97 Å². The van der Waals surface area contributed by atoms with E-state index in [-0.39, 0.29) is 5.97 Å². The average Bonchev–Trinajstić information content (AvgIpc) is 2.37. The van der Waals surface area contributed by atoms with Crippen molar-refractivity contribution in [2.75, 3.05) is 13.7 Å². The summed E-state index contributed by atoms with van der Waals surface area (Å²) in [5.74, 6) is -0.119. The monoisotopic (exact) mass is 236 g/mol. The summed E-state index contributed by atoms with van der Waals surface area (Å²) in [7, 11) is 1.69. The minimum Gasteiger partial charge on any atom is -0.461 e. The standard InChI is InChI=1S/C14H20O3/c1-16-11-7-3-6-10-14(15)17-12-13-8-4-2-5-9-13/h2,4-5,8-9H,3,6-7,10-12H2,1H3. The summed E-state index contributed by atoms with van der Waals surface area (Å²) < 4.78 is 10.1. The van der Waals surface area contributed by atoms with Crippen molar-refractivity contribution < 1.29 is 14.3 Å². The molecule has 1 aromatic carbocycles. The summed E-state index contributed by atoms with van der Waals surface area (Å²) in [4.78, 5) is 11.4. The molecule has 0 unspecified atom stereocenters. The first-order chi connectivity index (χ1) is 8.33. The van der Waals surface area contributed by atoms with Gasteiger partial charge in [-0.2, -0.15) is 0 Å². The van der Waals surface area contributed by atoms with Gasteiger partial charge in [-0.25, -0.2) is 0 Å². The van der Waals surface area contributed by atoms with Gasteiger partial charge < -0.3 is 9.47 Å². The van der Waals surface area contributed by atoms with Gasteiger partial charge in [0.1, 0.15) is 6.61 Å². The first kappa shape index (κ1) is 13.7. The third kappa shape index (κ3) is 6.74. The molecule has 0 atom stereocenters. The van der Waals surface area contributed by atoms with Crippen LogP contribution in [0.2, 0.25) is 0 Å². The number of hydrogen-bond donors (Lipinski definition) is 0. The SMILES string of the molecule is COCCCCCC(=O)OCc1ccccc1. The third-order valence-corrected chi connectivity index (χ3v) is 2.47. The molecule has 0 fully saturated rings. The van der Waals surface area contributed by atoms with E-state index in [1.54, 1.807) is 7.11 Å². The zero-order valence-corrected chi connectivity index (χ0v) is 10.4. The Balaban J connectivity index is 2.05. The molecule has 0 aliphatic carbocycles. The number of unbranched alkanes of at least 4 members (excludes halogenated alkanes) is 2. The van der Waals surface area contributed by atoms with Gasteiger partial charge in [0.2, 0.25) is 0 Å². The molecule has 0 N–H and O–H groups in total. The zero-order valence-electron chi connectivity index (χ0n) is 10.4. The van der Waals surface area contributed by atoms with Crippen molar-refractivity contribution in [2.24, 2.45) is 0 Å². The molecular formula is C14H20O3. The second-order valence-corrected chi connectivity index (χ2v) is 3.95. The molecule has 0 saturated carbocycles. The number of benzene rings is 1. The van der Waals surface area contributed by atoms with Crippen molar-refractivity contribution in [3.8, 4) is 0 Å². The fourth-order valence-electron chi connectivity index (χ4n) is 1.50. The highest BCUT2D eigenvalue weighted by Gasteiger charge is 2.02. The van der Waals surface area contributed by atoms with Gasteiger partial charge in [0, 0.05) is 20.1 Å². The highest BCUT2D eigenvalue weighted by Crippen LogP contribution is 2.05. The normalized spacial score (nSPS) is 10.2. The highest BCUT2D eigenvalue weighted by atomic mass is 16.5. The lowest BCUT2D eigenvalue weighted by atomic mass is 10.2. The molecule has 0 aliphatic heterocycles. The van der Waals surface area contributed by atoms with Crippen molar-refractivity contribution in [3.05, 3.63) is 35.9 Å². The van der Waals surface area contributed by atoms with Crippen LogP contribution in [0.15, 0.2) is 30.3 Å². The number of hydrogen-bond acceptors (Lipinski definition) is 3. The maximum Gasteiger partial charge on any atom is 0.306 e. The molecule has 0 bridgehead atoms. The minimum atomic E-state index is -0.119. The summed E-state index contributed by atoms with van der Waals surface area (Å²) in [5.41, 5.74) is 1.03. The van der Waals surface area contributed by atoms with Crippen LogP contribution in [-0.2, 0) is 20.9 Å². The van der Waals surface area contributed by atoms with E-state index >= 15 is 0 Å². The van der Waals surface area contributed by atoms with E-state index < -0.39 is 0 Å². The van der Waals surface area contributed by atoms with Gasteiger partial charge in [0.15, 0.2) is 0 Å². The van der Waals surface area contributed by atoms with Crippen LogP contribution in [-0.4, -0.2) is 19.7 Å². The quantitative estimate of drug-likeness (QED) is 0.514. The molecule has 0 aromatic heterocycles. The molecule has 0 saturated heterocycles. The van der Waals surface area contributed by atoms with Crippen molar-refractivity contribution in [1.82, 2.24) is 0 Å². The Morgan fingerprint density at radius 3 is 2.59 bits per heavy atom. The lowest BCUT2D eigenvalue weighted by molar-refractivity contribution is -0.145. The average molecular weight is 236 g/mol. The van der Waals surface area contributed by atoms with Gasteiger partial charge in [-0.3, -0.25) is 4.79 Å². The first-order valence-corrected chi connectivity index (χ1v) is 6.01. The van der Waals surface area contributed by atoms with E-state index in [9.17, 15) is 4.79 Å². The van der Waals surface area contributed by atoms with E-state index in [0.29, 0.717) is 13.0 Å². The lowest BCUT2D eigenvalue weighted by Gasteiger charge is -2.04. The van der Waals surface area contributed by atoms with Gasteiger partial charge in [0.25, 0.3) is 0 Å². The predicted molar refractivity (Wildman–Crippen MR) is 66.6 cm³/mol. The fraction of sp³-hybridized carbons (Fsp3) is 0.500. The van der Waals surface area contributed by atoms with E-state index in [4.69, 9.17) is 9.47 Å². The van der Waals surface area contributed by atoms with Crippen LogP contribution in [0.3, 0.4) is 0 Å². The molecule has 94 valence electrons. The molecule has 0 radical (unpaired) electrons. The van der Waals surface area contributed by atoms with Crippen LogP contribution in [0.1, 0.15) is 31.2 Å². The van der Waals surface area contributed by atoms with Crippen LogP contribution in [0.25, 0.3) is 0 Å². The molecule has 1 rings (SSSR count). The van der Waals surface area contributed by atoms with Crippen LogP contribution >= 0.6 is 0 Å². The van der Waals surface area contributed by atoms with Crippen molar-refractivity contribution in [2.45, 2.75) is 32.3 Å². The van der Waals surface area contributed by atoms with E-state index in [2.05, 4.69) is 0 Å². The Morgan fingerprint density at radius 2 is 1.88 bits per heavy atom. The lowest BCUT2D eigenvalue weighted by Crippen LogP contribution is -2.04. The summed E-state index contributed by atoms with van der Waals surface area (Å²) >= 11 is 0. The van der Waals surface area contributed by atoms with Gasteiger partial charge >= 0.3 is 5.97 Å². The number of methoxy groups -OCH3 is 1.